The fourth-order valence-corrected chi connectivity index (χ4v) is 4.97. The van der Waals surface area contributed by atoms with E-state index in [1.165, 1.54) is 12.1 Å². The molecule has 0 saturated carbocycles. The summed E-state index contributed by atoms with van der Waals surface area (Å²) in [5, 5.41) is 3.74. The van der Waals surface area contributed by atoms with Gasteiger partial charge in [0.2, 0.25) is 0 Å². The van der Waals surface area contributed by atoms with Crippen LogP contribution in [0.25, 0.3) is 0 Å². The molecule has 1 unspecified atom stereocenters. The summed E-state index contributed by atoms with van der Waals surface area (Å²) in [6.07, 6.45) is -0.262. The molecule has 9 heteroatoms. The van der Waals surface area contributed by atoms with E-state index in [4.69, 9.17) is 17.0 Å². The van der Waals surface area contributed by atoms with E-state index in [9.17, 15) is 13.2 Å². The lowest BCUT2D eigenvalue weighted by Crippen LogP contribution is -2.47. The minimum absolute atomic E-state index is 0.181. The number of ether oxygens (including phenoxy) is 1. The average molecular weight is 474 g/mol. The van der Waals surface area contributed by atoms with Crippen LogP contribution in [0.15, 0.2) is 70.8 Å². The van der Waals surface area contributed by atoms with Crippen LogP contribution in [0.4, 0.5) is 5.69 Å². The van der Waals surface area contributed by atoms with Crippen LogP contribution in [0.2, 0.25) is 0 Å². The average Bonchev–Trinajstić information content (AvgIpc) is 2.74. The van der Waals surface area contributed by atoms with Gasteiger partial charge in [-0.3, -0.25) is 4.72 Å². The summed E-state index contributed by atoms with van der Waals surface area (Å²) < 4.78 is 33.2. The number of sulfonamides is 1. The Labute approximate surface area is 194 Å². The molecule has 170 valence electrons. The van der Waals surface area contributed by atoms with Gasteiger partial charge in [0.15, 0.2) is 5.11 Å². The van der Waals surface area contributed by atoms with Crippen molar-refractivity contribution in [1.29, 1.82) is 0 Å². The van der Waals surface area contributed by atoms with Crippen LogP contribution in [-0.4, -0.2) is 37.0 Å². The number of rotatable bonds is 7. The first-order chi connectivity index (χ1) is 15.1. The van der Waals surface area contributed by atoms with Crippen molar-refractivity contribution in [3.05, 3.63) is 71.4 Å². The lowest BCUT2D eigenvalue weighted by atomic mass is 9.95. The standard InChI is InChI=1S/C23H27N3O4S2/c1-5-26-16(4)20(22(27)30-15(2)3)21(24-23(26)31)17-11-13-18(14-12-17)25-32(28,29)19-9-7-6-8-10-19/h6-15,21,25H,5H2,1-4H3,(H,24,31). The highest BCUT2D eigenvalue weighted by atomic mass is 32.2. The number of nitrogens with one attached hydrogen (secondary N) is 2. The molecule has 2 N–H and O–H groups in total. The molecular weight excluding hydrogens is 446 g/mol. The van der Waals surface area contributed by atoms with Crippen LogP contribution in [0.5, 0.6) is 0 Å². The zero-order valence-electron chi connectivity index (χ0n) is 18.5. The number of thiocarbonyl (C=S) groups is 1. The largest absolute Gasteiger partial charge is 0.459 e. The molecule has 32 heavy (non-hydrogen) atoms. The Hall–Kier alpha value is -2.91. The maximum atomic E-state index is 12.9. The molecule has 7 nitrogen and oxygen atoms in total. The normalized spacial score (nSPS) is 16.7. The number of esters is 1. The van der Waals surface area contributed by atoms with Gasteiger partial charge >= 0.3 is 5.97 Å². The Kier molecular flexibility index (Phi) is 7.20. The molecule has 1 aliphatic rings. The molecule has 0 aromatic heterocycles. The lowest BCUT2D eigenvalue weighted by Gasteiger charge is -2.37. The molecule has 3 rings (SSSR count). The first-order valence-electron chi connectivity index (χ1n) is 10.3. The molecule has 0 fully saturated rings. The number of allylic oxidation sites excluding steroid dienone is 1. The van der Waals surface area contributed by atoms with E-state index in [1.54, 1.807) is 56.3 Å². The zero-order chi connectivity index (χ0) is 23.5. The first kappa shape index (κ1) is 23.7. The molecule has 0 radical (unpaired) electrons. The second-order valence-electron chi connectivity index (χ2n) is 7.62. The SMILES string of the molecule is CCN1C(=S)NC(c2ccc(NS(=O)(=O)c3ccccc3)cc2)C(C(=O)OC(C)C)=C1C. The first-order valence-corrected chi connectivity index (χ1v) is 12.2. The smallest absolute Gasteiger partial charge is 0.338 e. The van der Waals surface area contributed by atoms with Crippen LogP contribution in [0.1, 0.15) is 39.3 Å². The van der Waals surface area contributed by atoms with Crippen molar-refractivity contribution in [3.8, 4) is 0 Å². The zero-order valence-corrected chi connectivity index (χ0v) is 20.1. The summed E-state index contributed by atoms with van der Waals surface area (Å²) in [6.45, 7) is 8.02. The fourth-order valence-electron chi connectivity index (χ4n) is 3.51. The van der Waals surface area contributed by atoms with E-state index in [0.29, 0.717) is 22.9 Å². The second kappa shape index (κ2) is 9.70. The summed E-state index contributed by atoms with van der Waals surface area (Å²) in [5.41, 5.74) is 2.39. The van der Waals surface area contributed by atoms with Gasteiger partial charge in [-0.1, -0.05) is 30.3 Å². The molecule has 0 spiro atoms. The van der Waals surface area contributed by atoms with Crippen LogP contribution < -0.4 is 10.0 Å². The van der Waals surface area contributed by atoms with Crippen molar-refractivity contribution in [3.63, 3.8) is 0 Å². The third kappa shape index (κ3) is 5.11. The monoisotopic (exact) mass is 473 g/mol. The number of nitrogens with zero attached hydrogens (tertiary/aromatic N) is 1. The molecule has 0 aliphatic carbocycles. The minimum Gasteiger partial charge on any atom is -0.459 e. The summed E-state index contributed by atoms with van der Waals surface area (Å²) in [5.74, 6) is -0.412. The van der Waals surface area contributed by atoms with E-state index in [-0.39, 0.29) is 11.0 Å². The van der Waals surface area contributed by atoms with Crippen molar-refractivity contribution in [2.24, 2.45) is 0 Å². The van der Waals surface area contributed by atoms with Crippen LogP contribution in [0, 0.1) is 0 Å². The third-order valence-corrected chi connectivity index (χ3v) is 6.76. The van der Waals surface area contributed by atoms with Gasteiger partial charge in [0.05, 0.1) is 22.6 Å². The summed E-state index contributed by atoms with van der Waals surface area (Å²) in [7, 11) is -3.69. The Bertz CT molecular complexity index is 1130. The predicted molar refractivity (Wildman–Crippen MR) is 128 cm³/mol. The second-order valence-corrected chi connectivity index (χ2v) is 9.69. The number of carbonyl (C=O) groups excluding carboxylic acids is 1. The van der Waals surface area contributed by atoms with Crippen molar-refractivity contribution in [1.82, 2.24) is 10.2 Å². The Morgan fingerprint density at radius 1 is 1.16 bits per heavy atom. The van der Waals surface area contributed by atoms with Gasteiger partial charge in [-0.2, -0.15) is 0 Å². The molecule has 1 heterocycles. The van der Waals surface area contributed by atoms with Crippen molar-refractivity contribution < 1.29 is 17.9 Å². The Balaban J connectivity index is 1.91. The van der Waals surface area contributed by atoms with Gasteiger partial charge in [-0.25, -0.2) is 13.2 Å². The van der Waals surface area contributed by atoms with Crippen molar-refractivity contribution in [2.45, 2.75) is 44.7 Å². The highest BCUT2D eigenvalue weighted by Crippen LogP contribution is 2.32. The maximum absolute atomic E-state index is 12.9. The summed E-state index contributed by atoms with van der Waals surface area (Å²) in [6, 6.07) is 14.5. The van der Waals surface area contributed by atoms with E-state index in [2.05, 4.69) is 10.0 Å². The summed E-state index contributed by atoms with van der Waals surface area (Å²) >= 11 is 5.50. The summed E-state index contributed by atoms with van der Waals surface area (Å²) in [4.78, 5) is 14.9. The van der Waals surface area contributed by atoms with E-state index < -0.39 is 22.0 Å². The van der Waals surface area contributed by atoms with Gasteiger partial charge in [-0.15, -0.1) is 0 Å². The van der Waals surface area contributed by atoms with Crippen LogP contribution in [-0.2, 0) is 19.6 Å². The number of benzene rings is 2. The molecule has 1 aliphatic heterocycles. The molecule has 2 aromatic carbocycles. The van der Waals surface area contributed by atoms with Crippen LogP contribution in [0.3, 0.4) is 0 Å². The van der Waals surface area contributed by atoms with Crippen molar-refractivity contribution in [2.75, 3.05) is 11.3 Å². The Morgan fingerprint density at radius 2 is 1.78 bits per heavy atom. The molecular formula is C23H27N3O4S2. The lowest BCUT2D eigenvalue weighted by molar-refractivity contribution is -0.143. The fraction of sp³-hybridized carbons (Fsp3) is 0.304. The minimum atomic E-state index is -3.69. The van der Waals surface area contributed by atoms with Gasteiger partial charge in [0, 0.05) is 17.9 Å². The van der Waals surface area contributed by atoms with E-state index in [1.807, 2.05) is 18.7 Å². The number of carbonyl (C=O) groups is 1. The highest BCUT2D eigenvalue weighted by Gasteiger charge is 2.34. The maximum Gasteiger partial charge on any atom is 0.338 e. The molecule has 0 amide bonds. The number of hydrogen-bond acceptors (Lipinski definition) is 5. The van der Waals surface area contributed by atoms with Crippen molar-refractivity contribution >= 4 is 39.0 Å². The molecule has 2 aromatic rings. The quantitative estimate of drug-likeness (QED) is 0.465. The van der Waals surface area contributed by atoms with Crippen LogP contribution >= 0.6 is 12.2 Å². The topological polar surface area (TPSA) is 87.7 Å². The van der Waals surface area contributed by atoms with Gasteiger partial charge < -0.3 is 15.0 Å². The predicted octanol–water partition coefficient (Wildman–Crippen LogP) is 3.96. The number of anilines is 1. The molecule has 0 bridgehead atoms. The van der Waals surface area contributed by atoms with E-state index in [0.717, 1.165) is 11.3 Å². The molecule has 1 atom stereocenters. The van der Waals surface area contributed by atoms with Gasteiger partial charge in [0.1, 0.15) is 0 Å². The van der Waals surface area contributed by atoms with E-state index >= 15 is 0 Å². The molecule has 0 saturated heterocycles. The van der Waals surface area contributed by atoms with Gasteiger partial charge in [0.25, 0.3) is 10.0 Å². The Morgan fingerprint density at radius 3 is 2.34 bits per heavy atom. The highest BCUT2D eigenvalue weighted by molar-refractivity contribution is 7.92. The van der Waals surface area contributed by atoms with Gasteiger partial charge in [-0.05, 0) is 69.7 Å². The third-order valence-electron chi connectivity index (χ3n) is 5.02. The number of hydrogen-bond donors (Lipinski definition) is 2.